The molecule has 112 valence electrons. The molecule has 0 aromatic heterocycles. The van der Waals surface area contributed by atoms with Crippen LogP contribution in [0.25, 0.3) is 0 Å². The molecule has 0 bridgehead atoms. The lowest BCUT2D eigenvalue weighted by Crippen LogP contribution is -2.23. The lowest BCUT2D eigenvalue weighted by molar-refractivity contribution is 0.429. The van der Waals surface area contributed by atoms with E-state index in [1.54, 1.807) is 6.07 Å². The van der Waals surface area contributed by atoms with Crippen molar-refractivity contribution < 1.29 is 10.2 Å². The largest absolute Gasteiger partial charge is 0.508 e. The number of phenols is 2. The Hall–Kier alpha value is -2.00. The van der Waals surface area contributed by atoms with Crippen LogP contribution in [0.3, 0.4) is 0 Å². The molecular formula is C18H23NO2. The first-order valence-electron chi connectivity index (χ1n) is 7.23. The monoisotopic (exact) mass is 285 g/mol. The minimum atomic E-state index is -0.0630. The van der Waals surface area contributed by atoms with Crippen molar-refractivity contribution in [2.45, 2.75) is 39.8 Å². The van der Waals surface area contributed by atoms with Gasteiger partial charge in [0.25, 0.3) is 0 Å². The Labute approximate surface area is 126 Å². The van der Waals surface area contributed by atoms with Crippen molar-refractivity contribution in [2.24, 2.45) is 0 Å². The maximum absolute atomic E-state index is 9.94. The second kappa shape index (κ2) is 6.19. The number of rotatable bonds is 4. The molecule has 3 nitrogen and oxygen atoms in total. The molecule has 2 aromatic rings. The highest BCUT2D eigenvalue weighted by Gasteiger charge is 2.16. The van der Waals surface area contributed by atoms with E-state index >= 15 is 0 Å². The molecule has 3 N–H and O–H groups in total. The molecule has 0 radical (unpaired) electrons. The molecule has 2 unspecified atom stereocenters. The Morgan fingerprint density at radius 1 is 0.857 bits per heavy atom. The predicted molar refractivity (Wildman–Crippen MR) is 85.7 cm³/mol. The molecule has 0 amide bonds. The van der Waals surface area contributed by atoms with Crippen molar-refractivity contribution in [2.75, 3.05) is 0 Å². The first-order chi connectivity index (χ1) is 9.88. The molecule has 0 aliphatic rings. The molecule has 21 heavy (non-hydrogen) atoms. The molecule has 0 saturated carbocycles. The normalized spacial score (nSPS) is 13.9. The topological polar surface area (TPSA) is 52.5 Å². The summed E-state index contributed by atoms with van der Waals surface area (Å²) in [5.74, 6) is 0.358. The lowest BCUT2D eigenvalue weighted by atomic mass is 9.98. The third kappa shape index (κ3) is 3.56. The Morgan fingerprint density at radius 2 is 1.52 bits per heavy atom. The minimum Gasteiger partial charge on any atom is -0.508 e. The third-order valence-electron chi connectivity index (χ3n) is 3.88. The minimum absolute atomic E-state index is 0.0630. The number of nitrogens with one attached hydrogen (secondary N) is 1. The van der Waals surface area contributed by atoms with Gasteiger partial charge in [-0.05, 0) is 57.0 Å². The molecular weight excluding hydrogens is 262 g/mol. The van der Waals surface area contributed by atoms with Crippen molar-refractivity contribution in [1.82, 2.24) is 5.32 Å². The number of aryl methyl sites for hydroxylation is 2. The van der Waals surface area contributed by atoms with Gasteiger partial charge in [0, 0.05) is 17.6 Å². The Balaban J connectivity index is 2.20. The maximum atomic E-state index is 9.94. The Bertz CT molecular complexity index is 582. The fraction of sp³-hybridized carbons (Fsp3) is 0.333. The van der Waals surface area contributed by atoms with E-state index in [4.69, 9.17) is 0 Å². The maximum Gasteiger partial charge on any atom is 0.120 e. The van der Waals surface area contributed by atoms with E-state index in [1.165, 1.54) is 28.8 Å². The summed E-state index contributed by atoms with van der Waals surface area (Å²) in [6.07, 6.45) is 0. The molecule has 0 aliphatic carbocycles. The first-order valence-corrected chi connectivity index (χ1v) is 7.23. The molecule has 2 aromatic carbocycles. The zero-order chi connectivity index (χ0) is 15.6. The number of hydrogen-bond acceptors (Lipinski definition) is 3. The second-order valence-electron chi connectivity index (χ2n) is 5.71. The Morgan fingerprint density at radius 3 is 2.24 bits per heavy atom. The van der Waals surface area contributed by atoms with Crippen LogP contribution in [0.1, 0.15) is 48.2 Å². The SMILES string of the molecule is Cc1ccc(C)c(C(C)NC(C)c2cc(O)ccc2O)c1. The van der Waals surface area contributed by atoms with E-state index in [1.807, 2.05) is 6.92 Å². The van der Waals surface area contributed by atoms with Gasteiger partial charge in [0.15, 0.2) is 0 Å². The Kier molecular flexibility index (Phi) is 4.53. The van der Waals surface area contributed by atoms with E-state index in [0.29, 0.717) is 5.56 Å². The van der Waals surface area contributed by atoms with Crippen molar-refractivity contribution in [3.63, 3.8) is 0 Å². The molecule has 2 atom stereocenters. The highest BCUT2D eigenvalue weighted by atomic mass is 16.3. The van der Waals surface area contributed by atoms with Gasteiger partial charge in [0.2, 0.25) is 0 Å². The van der Waals surface area contributed by atoms with Crippen LogP contribution in [0, 0.1) is 13.8 Å². The van der Waals surface area contributed by atoms with E-state index in [-0.39, 0.29) is 23.6 Å². The molecule has 3 heteroatoms. The lowest BCUT2D eigenvalue weighted by Gasteiger charge is -2.23. The zero-order valence-corrected chi connectivity index (χ0v) is 13.0. The van der Waals surface area contributed by atoms with Crippen LogP contribution in [-0.4, -0.2) is 10.2 Å². The second-order valence-corrected chi connectivity index (χ2v) is 5.71. The van der Waals surface area contributed by atoms with Crippen molar-refractivity contribution in [3.8, 4) is 11.5 Å². The summed E-state index contributed by atoms with van der Waals surface area (Å²) in [5, 5.41) is 23.0. The summed E-state index contributed by atoms with van der Waals surface area (Å²) >= 11 is 0. The van der Waals surface area contributed by atoms with Crippen LogP contribution in [0.5, 0.6) is 11.5 Å². The van der Waals surface area contributed by atoms with E-state index in [2.05, 4.69) is 44.3 Å². The van der Waals surface area contributed by atoms with Crippen molar-refractivity contribution in [3.05, 3.63) is 58.7 Å². The van der Waals surface area contributed by atoms with Gasteiger partial charge in [0.05, 0.1) is 0 Å². The van der Waals surface area contributed by atoms with Crippen molar-refractivity contribution >= 4 is 0 Å². The van der Waals surface area contributed by atoms with Gasteiger partial charge in [-0.15, -0.1) is 0 Å². The van der Waals surface area contributed by atoms with Crippen LogP contribution in [0.4, 0.5) is 0 Å². The van der Waals surface area contributed by atoms with Gasteiger partial charge < -0.3 is 15.5 Å². The molecule has 0 aliphatic heterocycles. The fourth-order valence-corrected chi connectivity index (χ4v) is 2.67. The smallest absolute Gasteiger partial charge is 0.120 e. The fourth-order valence-electron chi connectivity index (χ4n) is 2.67. The molecule has 2 rings (SSSR count). The number of benzene rings is 2. The van der Waals surface area contributed by atoms with Crippen LogP contribution in [0.15, 0.2) is 36.4 Å². The third-order valence-corrected chi connectivity index (χ3v) is 3.88. The van der Waals surface area contributed by atoms with Gasteiger partial charge in [-0.1, -0.05) is 23.8 Å². The average molecular weight is 285 g/mol. The summed E-state index contributed by atoms with van der Waals surface area (Å²) in [6.45, 7) is 8.28. The van der Waals surface area contributed by atoms with Crippen LogP contribution in [-0.2, 0) is 0 Å². The van der Waals surface area contributed by atoms with Gasteiger partial charge >= 0.3 is 0 Å². The summed E-state index contributed by atoms with van der Waals surface area (Å²) in [5.41, 5.74) is 4.43. The van der Waals surface area contributed by atoms with Gasteiger partial charge in [-0.2, -0.15) is 0 Å². The molecule has 0 heterocycles. The summed E-state index contributed by atoms with van der Waals surface area (Å²) in [7, 11) is 0. The zero-order valence-electron chi connectivity index (χ0n) is 13.0. The molecule has 0 fully saturated rings. The predicted octanol–water partition coefficient (Wildman–Crippen LogP) is 4.13. The van der Waals surface area contributed by atoms with Crippen LogP contribution >= 0.6 is 0 Å². The van der Waals surface area contributed by atoms with Gasteiger partial charge in [-0.25, -0.2) is 0 Å². The van der Waals surface area contributed by atoms with E-state index < -0.39 is 0 Å². The molecule has 0 spiro atoms. The van der Waals surface area contributed by atoms with Crippen LogP contribution in [0.2, 0.25) is 0 Å². The van der Waals surface area contributed by atoms with E-state index in [9.17, 15) is 10.2 Å². The summed E-state index contributed by atoms with van der Waals surface area (Å²) < 4.78 is 0. The summed E-state index contributed by atoms with van der Waals surface area (Å²) in [4.78, 5) is 0. The molecule has 0 saturated heterocycles. The first kappa shape index (κ1) is 15.4. The van der Waals surface area contributed by atoms with E-state index in [0.717, 1.165) is 0 Å². The average Bonchev–Trinajstić information content (AvgIpc) is 2.43. The van der Waals surface area contributed by atoms with Crippen molar-refractivity contribution in [1.29, 1.82) is 0 Å². The quantitative estimate of drug-likeness (QED) is 0.740. The van der Waals surface area contributed by atoms with Crippen LogP contribution < -0.4 is 5.32 Å². The number of aromatic hydroxyl groups is 2. The highest BCUT2D eigenvalue weighted by Crippen LogP contribution is 2.30. The summed E-state index contributed by atoms with van der Waals surface area (Å²) in [6, 6.07) is 11.1. The van der Waals surface area contributed by atoms with Gasteiger partial charge in [0.1, 0.15) is 11.5 Å². The highest BCUT2D eigenvalue weighted by molar-refractivity contribution is 5.41. The standard InChI is InChI=1S/C18H23NO2/c1-11-5-6-12(2)16(9-11)13(3)19-14(4)17-10-15(20)7-8-18(17)21/h5-10,13-14,19-21H,1-4H3. The van der Waals surface area contributed by atoms with Gasteiger partial charge in [-0.3, -0.25) is 0 Å². The number of hydrogen-bond donors (Lipinski definition) is 3. The number of phenolic OH excluding ortho intramolecular Hbond substituents is 2.